The van der Waals surface area contributed by atoms with Crippen LogP contribution in [0.3, 0.4) is 0 Å². The lowest BCUT2D eigenvalue weighted by molar-refractivity contribution is -0.141. The normalized spacial score (nSPS) is 16.7. The number of sulfonamides is 1. The number of amides is 1. The van der Waals surface area contributed by atoms with Crippen molar-refractivity contribution in [3.63, 3.8) is 0 Å². The maximum Gasteiger partial charge on any atom is 0.323 e. The van der Waals surface area contributed by atoms with Gasteiger partial charge in [0, 0.05) is 12.2 Å². The molecule has 8 nitrogen and oxygen atoms in total. The number of ether oxygens (including phenoxy) is 1. The highest BCUT2D eigenvalue weighted by atomic mass is 32.2. The molecule has 1 aliphatic heterocycles. The van der Waals surface area contributed by atoms with Gasteiger partial charge >= 0.3 is 5.97 Å². The first-order valence-corrected chi connectivity index (χ1v) is 12.4. The Morgan fingerprint density at radius 1 is 1.12 bits per heavy atom. The number of carbonyl (C=O) groups excluding carboxylic acids is 1. The first-order valence-electron chi connectivity index (χ1n) is 10.1. The number of aliphatic carboxylic acids is 1. The van der Waals surface area contributed by atoms with Gasteiger partial charge in [0.25, 0.3) is 5.91 Å². The molecule has 172 valence electrons. The zero-order chi connectivity index (χ0) is 23.8. The number of carboxylic acids is 1. The lowest BCUT2D eigenvalue weighted by Gasteiger charge is -2.28. The molecule has 0 fully saturated rings. The van der Waals surface area contributed by atoms with Crippen LogP contribution in [0.5, 0.6) is 5.75 Å². The number of benzene rings is 2. The highest BCUT2D eigenvalue weighted by Gasteiger charge is 2.41. The van der Waals surface area contributed by atoms with Gasteiger partial charge in [-0.3, -0.25) is 9.59 Å². The fraction of sp³-hybridized carbons (Fsp3) is 0.217. The second-order valence-electron chi connectivity index (χ2n) is 7.61. The van der Waals surface area contributed by atoms with Gasteiger partial charge in [-0.1, -0.05) is 18.2 Å². The minimum absolute atomic E-state index is 0.0549. The minimum atomic E-state index is -4.20. The Labute approximate surface area is 195 Å². The first kappa shape index (κ1) is 23.0. The lowest BCUT2D eigenvalue weighted by atomic mass is 10.1. The summed E-state index contributed by atoms with van der Waals surface area (Å²) in [5.74, 6) is -1.22. The van der Waals surface area contributed by atoms with E-state index in [0.29, 0.717) is 21.9 Å². The van der Waals surface area contributed by atoms with Crippen molar-refractivity contribution in [1.29, 1.82) is 0 Å². The maximum atomic E-state index is 13.5. The molecule has 3 aromatic rings. The standard InChI is InChI=1S/C23H22N2O6S2/c1-15-11-21(32-14-15)22(26)24-13-20(23(27)28)25(12-16-5-3-4-6-19(16)24)33(29,30)18-9-7-17(31-2)8-10-18/h3-11,14,20H,12-13H2,1-2H3,(H,27,28). The summed E-state index contributed by atoms with van der Waals surface area (Å²) in [5, 5.41) is 11.9. The topological polar surface area (TPSA) is 104 Å². The minimum Gasteiger partial charge on any atom is -0.497 e. The zero-order valence-corrected chi connectivity index (χ0v) is 19.6. The Hall–Kier alpha value is -3.21. The summed E-state index contributed by atoms with van der Waals surface area (Å²) in [7, 11) is -2.73. The number of nitrogens with zero attached hydrogens (tertiary/aromatic N) is 2. The van der Waals surface area contributed by atoms with Crippen molar-refractivity contribution >= 4 is 38.9 Å². The van der Waals surface area contributed by atoms with Crippen LogP contribution in [-0.4, -0.2) is 49.4 Å². The Kier molecular flexibility index (Phi) is 6.24. The molecule has 1 unspecified atom stereocenters. The van der Waals surface area contributed by atoms with Crippen LogP contribution in [0.2, 0.25) is 0 Å². The third-order valence-electron chi connectivity index (χ3n) is 5.45. The number of para-hydroxylation sites is 1. The van der Waals surface area contributed by atoms with Gasteiger partial charge in [-0.25, -0.2) is 8.42 Å². The molecule has 0 saturated heterocycles. The maximum absolute atomic E-state index is 13.5. The molecule has 1 N–H and O–H groups in total. The van der Waals surface area contributed by atoms with Crippen LogP contribution in [0.1, 0.15) is 20.8 Å². The van der Waals surface area contributed by atoms with Crippen molar-refractivity contribution in [2.45, 2.75) is 24.4 Å². The summed E-state index contributed by atoms with van der Waals surface area (Å²) in [4.78, 5) is 27.4. The van der Waals surface area contributed by atoms with Gasteiger partial charge in [0.05, 0.1) is 23.4 Å². The largest absolute Gasteiger partial charge is 0.497 e. The molecular formula is C23H22N2O6S2. The average molecular weight is 487 g/mol. The molecule has 0 radical (unpaired) electrons. The predicted octanol–water partition coefficient (Wildman–Crippen LogP) is 3.37. The van der Waals surface area contributed by atoms with E-state index in [-0.39, 0.29) is 23.9 Å². The highest BCUT2D eigenvalue weighted by Crippen LogP contribution is 2.33. The van der Waals surface area contributed by atoms with Gasteiger partial charge in [0.15, 0.2) is 0 Å². The number of hydrogen-bond donors (Lipinski definition) is 1. The lowest BCUT2D eigenvalue weighted by Crippen LogP contribution is -2.50. The predicted molar refractivity (Wildman–Crippen MR) is 124 cm³/mol. The molecule has 1 atom stereocenters. The molecule has 1 amide bonds. The van der Waals surface area contributed by atoms with Crippen LogP contribution in [0.25, 0.3) is 0 Å². The molecule has 4 rings (SSSR count). The molecule has 0 aliphatic carbocycles. The second-order valence-corrected chi connectivity index (χ2v) is 10.4. The highest BCUT2D eigenvalue weighted by molar-refractivity contribution is 7.89. The third-order valence-corrected chi connectivity index (χ3v) is 8.35. The van der Waals surface area contributed by atoms with Crippen LogP contribution in [-0.2, 0) is 21.4 Å². The third kappa shape index (κ3) is 4.37. The van der Waals surface area contributed by atoms with E-state index in [1.165, 1.54) is 47.6 Å². The van der Waals surface area contributed by atoms with Crippen LogP contribution in [0, 0.1) is 6.92 Å². The van der Waals surface area contributed by atoms with E-state index >= 15 is 0 Å². The molecule has 10 heteroatoms. The quantitative estimate of drug-likeness (QED) is 0.593. The van der Waals surface area contributed by atoms with Crippen LogP contribution >= 0.6 is 11.3 Å². The number of rotatable bonds is 5. The van der Waals surface area contributed by atoms with E-state index < -0.39 is 22.0 Å². The van der Waals surface area contributed by atoms with Gasteiger partial charge < -0.3 is 14.7 Å². The number of methoxy groups -OCH3 is 1. The number of fused-ring (bicyclic) bond motifs is 1. The number of carboxylic acid groups (broad SMARTS) is 1. The van der Waals surface area contributed by atoms with Crippen molar-refractivity contribution in [3.05, 3.63) is 76.0 Å². The van der Waals surface area contributed by atoms with Gasteiger partial charge in [-0.05, 0) is 59.8 Å². The monoisotopic (exact) mass is 486 g/mol. The van der Waals surface area contributed by atoms with Crippen molar-refractivity contribution in [3.8, 4) is 5.75 Å². The fourth-order valence-electron chi connectivity index (χ4n) is 3.75. The van der Waals surface area contributed by atoms with E-state index in [0.717, 1.165) is 9.87 Å². The van der Waals surface area contributed by atoms with Crippen LogP contribution in [0.15, 0.2) is 64.9 Å². The smallest absolute Gasteiger partial charge is 0.323 e. The van der Waals surface area contributed by atoms with Gasteiger partial charge in [-0.15, -0.1) is 11.3 Å². The molecule has 0 saturated carbocycles. The number of hydrogen-bond acceptors (Lipinski definition) is 6. The summed E-state index contributed by atoms with van der Waals surface area (Å²) >= 11 is 1.27. The van der Waals surface area contributed by atoms with Crippen LogP contribution in [0.4, 0.5) is 5.69 Å². The van der Waals surface area contributed by atoms with Gasteiger partial charge in [0.2, 0.25) is 10.0 Å². The molecule has 2 heterocycles. The molecule has 0 spiro atoms. The second kappa shape index (κ2) is 8.97. The van der Waals surface area contributed by atoms with E-state index in [2.05, 4.69) is 0 Å². The van der Waals surface area contributed by atoms with E-state index in [1.807, 2.05) is 12.3 Å². The summed E-state index contributed by atoms with van der Waals surface area (Å²) < 4.78 is 33.1. The van der Waals surface area contributed by atoms with Gasteiger partial charge in [-0.2, -0.15) is 4.31 Å². The number of anilines is 1. The Balaban J connectivity index is 1.80. The summed E-state index contributed by atoms with van der Waals surface area (Å²) in [5.41, 5.74) is 1.96. The molecular weight excluding hydrogens is 464 g/mol. The number of aryl methyl sites for hydroxylation is 1. The van der Waals surface area contributed by atoms with Crippen molar-refractivity contribution in [2.24, 2.45) is 0 Å². The average Bonchev–Trinajstić information content (AvgIpc) is 3.15. The first-order chi connectivity index (χ1) is 15.7. The van der Waals surface area contributed by atoms with Crippen molar-refractivity contribution < 1.29 is 27.9 Å². The molecule has 1 aromatic heterocycles. The Morgan fingerprint density at radius 3 is 2.42 bits per heavy atom. The Morgan fingerprint density at radius 2 is 1.82 bits per heavy atom. The fourth-order valence-corrected chi connectivity index (χ4v) is 6.15. The molecule has 2 aromatic carbocycles. The van der Waals surface area contributed by atoms with Gasteiger partial charge in [0.1, 0.15) is 11.8 Å². The summed E-state index contributed by atoms with van der Waals surface area (Å²) in [6.07, 6.45) is 0. The molecule has 33 heavy (non-hydrogen) atoms. The van der Waals surface area contributed by atoms with Crippen molar-refractivity contribution in [2.75, 3.05) is 18.6 Å². The summed E-state index contributed by atoms with van der Waals surface area (Å²) in [6.45, 7) is 1.36. The number of thiophene rings is 1. The van der Waals surface area contributed by atoms with E-state index in [4.69, 9.17) is 4.74 Å². The van der Waals surface area contributed by atoms with Crippen LogP contribution < -0.4 is 9.64 Å². The number of carbonyl (C=O) groups is 2. The molecule has 1 aliphatic rings. The molecule has 0 bridgehead atoms. The zero-order valence-electron chi connectivity index (χ0n) is 18.0. The SMILES string of the molecule is COc1ccc(S(=O)(=O)N2Cc3ccccc3N(C(=O)c3cc(C)cs3)CC2C(=O)O)cc1. The van der Waals surface area contributed by atoms with E-state index in [9.17, 15) is 23.1 Å². The van der Waals surface area contributed by atoms with Crippen molar-refractivity contribution in [1.82, 2.24) is 4.31 Å². The summed E-state index contributed by atoms with van der Waals surface area (Å²) in [6, 6.07) is 12.9. The Bertz CT molecular complexity index is 1300. The van der Waals surface area contributed by atoms with E-state index in [1.54, 1.807) is 30.3 Å².